The first-order valence-corrected chi connectivity index (χ1v) is 5.48. The number of hydrogen-bond acceptors (Lipinski definition) is 3. The van der Waals surface area contributed by atoms with Crippen LogP contribution in [0.3, 0.4) is 0 Å². The van der Waals surface area contributed by atoms with Crippen LogP contribution in [0, 0.1) is 0 Å². The average Bonchev–Trinajstić information content (AvgIpc) is 2.87. The fourth-order valence-corrected chi connectivity index (χ4v) is 2.04. The number of thiophene rings is 1. The molecule has 0 unspecified atom stereocenters. The third kappa shape index (κ3) is 2.21. The van der Waals surface area contributed by atoms with Crippen molar-refractivity contribution in [2.45, 2.75) is 19.5 Å². The first kappa shape index (κ1) is 9.43. The Morgan fingerprint density at radius 2 is 2.57 bits per heavy atom. The zero-order valence-corrected chi connectivity index (χ0v) is 8.84. The normalized spacial score (nSPS) is 12.9. The van der Waals surface area contributed by atoms with E-state index in [4.69, 9.17) is 0 Å². The van der Waals surface area contributed by atoms with Gasteiger partial charge in [0, 0.05) is 29.4 Å². The maximum atomic E-state index is 3.97. The predicted molar refractivity (Wildman–Crippen MR) is 58.2 cm³/mol. The minimum absolute atomic E-state index is 0.401. The first-order valence-electron chi connectivity index (χ1n) is 4.60. The third-order valence-electron chi connectivity index (χ3n) is 2.12. The molecule has 3 nitrogen and oxygen atoms in total. The summed E-state index contributed by atoms with van der Waals surface area (Å²) < 4.78 is 0. The van der Waals surface area contributed by atoms with Crippen molar-refractivity contribution in [3.63, 3.8) is 0 Å². The van der Waals surface area contributed by atoms with Gasteiger partial charge in [0.05, 0.1) is 6.33 Å². The summed E-state index contributed by atoms with van der Waals surface area (Å²) in [6.07, 6.45) is 3.54. The Morgan fingerprint density at radius 1 is 1.64 bits per heavy atom. The van der Waals surface area contributed by atoms with Crippen molar-refractivity contribution < 1.29 is 0 Å². The van der Waals surface area contributed by atoms with Crippen LogP contribution in [0.4, 0.5) is 0 Å². The summed E-state index contributed by atoms with van der Waals surface area (Å²) in [5, 5.41) is 5.53. The van der Waals surface area contributed by atoms with E-state index in [1.807, 2.05) is 6.20 Å². The van der Waals surface area contributed by atoms with Gasteiger partial charge in [0.25, 0.3) is 0 Å². The van der Waals surface area contributed by atoms with Crippen molar-refractivity contribution in [1.82, 2.24) is 15.3 Å². The van der Waals surface area contributed by atoms with E-state index < -0.39 is 0 Å². The van der Waals surface area contributed by atoms with Crippen molar-refractivity contribution in [3.05, 3.63) is 40.6 Å². The molecule has 0 spiro atoms. The lowest BCUT2D eigenvalue weighted by Gasteiger charge is -2.10. The molecule has 4 heteroatoms. The average molecular weight is 207 g/mol. The number of aromatic nitrogens is 2. The summed E-state index contributed by atoms with van der Waals surface area (Å²) in [4.78, 5) is 8.40. The molecule has 0 saturated carbocycles. The monoisotopic (exact) mass is 207 g/mol. The highest BCUT2D eigenvalue weighted by atomic mass is 32.1. The van der Waals surface area contributed by atoms with Crippen LogP contribution in [0.5, 0.6) is 0 Å². The fraction of sp³-hybridized carbons (Fsp3) is 0.300. The number of hydrogen-bond donors (Lipinski definition) is 2. The van der Waals surface area contributed by atoms with Crippen LogP contribution in [0.1, 0.15) is 23.5 Å². The Hall–Kier alpha value is -1.13. The molecule has 0 aromatic carbocycles. The lowest BCUT2D eigenvalue weighted by Crippen LogP contribution is -2.17. The molecule has 14 heavy (non-hydrogen) atoms. The topological polar surface area (TPSA) is 40.7 Å². The highest BCUT2D eigenvalue weighted by Gasteiger charge is 2.05. The van der Waals surface area contributed by atoms with E-state index in [0.29, 0.717) is 6.04 Å². The van der Waals surface area contributed by atoms with Gasteiger partial charge in [-0.1, -0.05) is 6.07 Å². The van der Waals surface area contributed by atoms with Gasteiger partial charge in [0.2, 0.25) is 0 Å². The number of H-pyrrole nitrogens is 1. The van der Waals surface area contributed by atoms with E-state index in [1.165, 1.54) is 4.88 Å². The van der Waals surface area contributed by atoms with Crippen LogP contribution >= 0.6 is 11.3 Å². The van der Waals surface area contributed by atoms with Gasteiger partial charge in [-0.25, -0.2) is 4.98 Å². The molecule has 0 fully saturated rings. The number of nitrogens with one attached hydrogen (secondary N) is 2. The second-order valence-electron chi connectivity index (χ2n) is 3.19. The predicted octanol–water partition coefficient (Wildman–Crippen LogP) is 2.32. The number of rotatable bonds is 4. The molecule has 2 N–H and O–H groups in total. The molecule has 0 aliphatic rings. The largest absolute Gasteiger partial charge is 0.347 e. The molecule has 0 bridgehead atoms. The van der Waals surface area contributed by atoms with Crippen LogP contribution in [0.2, 0.25) is 0 Å². The minimum Gasteiger partial charge on any atom is -0.347 e. The van der Waals surface area contributed by atoms with E-state index in [0.717, 1.165) is 12.2 Å². The van der Waals surface area contributed by atoms with E-state index in [-0.39, 0.29) is 0 Å². The molecule has 0 radical (unpaired) electrons. The highest BCUT2D eigenvalue weighted by Crippen LogP contribution is 2.18. The Bertz CT molecular complexity index is 353. The molecule has 2 rings (SSSR count). The van der Waals surface area contributed by atoms with Gasteiger partial charge in [-0.05, 0) is 18.4 Å². The second kappa shape index (κ2) is 4.39. The van der Waals surface area contributed by atoms with Crippen molar-refractivity contribution in [2.24, 2.45) is 0 Å². The van der Waals surface area contributed by atoms with Crippen LogP contribution in [0.15, 0.2) is 30.0 Å². The lowest BCUT2D eigenvalue weighted by atomic mass is 10.2. The van der Waals surface area contributed by atoms with Crippen molar-refractivity contribution in [2.75, 3.05) is 0 Å². The second-order valence-corrected chi connectivity index (χ2v) is 4.17. The molecule has 0 aliphatic carbocycles. The SMILES string of the molecule is C[C@H](NCc1cnc[nH]1)c1cccs1. The van der Waals surface area contributed by atoms with Crippen molar-refractivity contribution in [1.29, 1.82) is 0 Å². The van der Waals surface area contributed by atoms with Gasteiger partial charge in [-0.2, -0.15) is 0 Å². The summed E-state index contributed by atoms with van der Waals surface area (Å²) in [5.74, 6) is 0. The summed E-state index contributed by atoms with van der Waals surface area (Å²) in [5.41, 5.74) is 1.12. The summed E-state index contributed by atoms with van der Waals surface area (Å²) in [7, 11) is 0. The smallest absolute Gasteiger partial charge is 0.0922 e. The Kier molecular flexibility index (Phi) is 2.96. The van der Waals surface area contributed by atoms with E-state index in [1.54, 1.807) is 17.7 Å². The third-order valence-corrected chi connectivity index (χ3v) is 3.18. The molecule has 1 atom stereocenters. The Balaban J connectivity index is 1.87. The summed E-state index contributed by atoms with van der Waals surface area (Å²) >= 11 is 1.78. The zero-order chi connectivity index (χ0) is 9.80. The van der Waals surface area contributed by atoms with Crippen molar-refractivity contribution in [3.8, 4) is 0 Å². The van der Waals surface area contributed by atoms with Crippen LogP contribution in [-0.4, -0.2) is 9.97 Å². The summed E-state index contributed by atoms with van der Waals surface area (Å²) in [6, 6.07) is 4.63. The summed E-state index contributed by atoms with van der Waals surface area (Å²) in [6.45, 7) is 3.00. The van der Waals surface area contributed by atoms with Gasteiger partial charge in [-0.3, -0.25) is 0 Å². The molecular formula is C10H13N3S. The number of nitrogens with zero attached hydrogens (tertiary/aromatic N) is 1. The maximum Gasteiger partial charge on any atom is 0.0922 e. The Morgan fingerprint density at radius 3 is 3.21 bits per heavy atom. The quantitative estimate of drug-likeness (QED) is 0.807. The molecule has 0 amide bonds. The first-order chi connectivity index (χ1) is 6.86. The van der Waals surface area contributed by atoms with E-state index >= 15 is 0 Å². The molecule has 74 valence electrons. The lowest BCUT2D eigenvalue weighted by molar-refractivity contribution is 0.577. The molecule has 2 aromatic rings. The number of aromatic amines is 1. The van der Waals surface area contributed by atoms with E-state index in [9.17, 15) is 0 Å². The maximum absolute atomic E-state index is 3.97. The molecule has 0 aliphatic heterocycles. The highest BCUT2D eigenvalue weighted by molar-refractivity contribution is 7.10. The van der Waals surface area contributed by atoms with Gasteiger partial charge in [0.1, 0.15) is 0 Å². The van der Waals surface area contributed by atoms with Crippen LogP contribution < -0.4 is 5.32 Å². The molecule has 2 aromatic heterocycles. The van der Waals surface area contributed by atoms with Crippen LogP contribution in [-0.2, 0) is 6.54 Å². The van der Waals surface area contributed by atoms with Gasteiger partial charge < -0.3 is 10.3 Å². The minimum atomic E-state index is 0.401. The van der Waals surface area contributed by atoms with Crippen LogP contribution in [0.25, 0.3) is 0 Å². The van der Waals surface area contributed by atoms with Gasteiger partial charge in [0.15, 0.2) is 0 Å². The standard InChI is InChI=1S/C10H13N3S/c1-8(10-3-2-4-14-10)12-6-9-5-11-7-13-9/h2-5,7-8,12H,6H2,1H3,(H,11,13)/t8-/m0/s1. The Labute approximate surface area is 87.2 Å². The fourth-order valence-electron chi connectivity index (χ4n) is 1.28. The molecule has 2 heterocycles. The van der Waals surface area contributed by atoms with Gasteiger partial charge >= 0.3 is 0 Å². The van der Waals surface area contributed by atoms with Crippen molar-refractivity contribution >= 4 is 11.3 Å². The molecule has 0 saturated heterocycles. The van der Waals surface area contributed by atoms with E-state index in [2.05, 4.69) is 39.7 Å². The number of imidazole rings is 1. The molecular weight excluding hydrogens is 194 g/mol. The van der Waals surface area contributed by atoms with Gasteiger partial charge in [-0.15, -0.1) is 11.3 Å². The zero-order valence-electron chi connectivity index (χ0n) is 8.03.